The van der Waals surface area contributed by atoms with Crippen molar-refractivity contribution < 1.29 is 0 Å². The van der Waals surface area contributed by atoms with Gasteiger partial charge in [-0.25, -0.2) is 0 Å². The van der Waals surface area contributed by atoms with Gasteiger partial charge in [0.15, 0.2) is 0 Å². The van der Waals surface area contributed by atoms with E-state index >= 15 is 0 Å². The van der Waals surface area contributed by atoms with Crippen LogP contribution in [0.15, 0.2) is 23.9 Å². The molecule has 0 spiro atoms. The van der Waals surface area contributed by atoms with Gasteiger partial charge in [0.1, 0.15) is 0 Å². The van der Waals surface area contributed by atoms with Gasteiger partial charge in [0.25, 0.3) is 0 Å². The Kier molecular flexibility index (Phi) is 4.67. The third-order valence-electron chi connectivity index (χ3n) is 2.05. The molecule has 11 heavy (non-hydrogen) atoms. The number of rotatable bonds is 4. The summed E-state index contributed by atoms with van der Waals surface area (Å²) in [5, 5.41) is 0. The van der Waals surface area contributed by atoms with E-state index in [0.717, 1.165) is 13.0 Å². The van der Waals surface area contributed by atoms with Gasteiger partial charge in [0.05, 0.1) is 0 Å². The molecule has 0 saturated carbocycles. The first-order valence-electron chi connectivity index (χ1n) is 4.20. The van der Waals surface area contributed by atoms with Crippen molar-refractivity contribution in [2.45, 2.75) is 27.2 Å². The molecule has 0 atom stereocenters. The topological polar surface area (TPSA) is 3.24 Å². The van der Waals surface area contributed by atoms with Crippen molar-refractivity contribution in [2.75, 3.05) is 13.6 Å². The molecular formula is C10H19N. The SMILES string of the molecule is C=C/C(=C(/C)CC)N(C)CC. The van der Waals surface area contributed by atoms with Gasteiger partial charge in [-0.15, -0.1) is 0 Å². The van der Waals surface area contributed by atoms with E-state index in [2.05, 4.69) is 39.3 Å². The summed E-state index contributed by atoms with van der Waals surface area (Å²) in [7, 11) is 2.09. The van der Waals surface area contributed by atoms with Crippen molar-refractivity contribution in [3.05, 3.63) is 23.9 Å². The molecule has 1 nitrogen and oxygen atoms in total. The molecule has 0 unspecified atom stereocenters. The number of hydrogen-bond acceptors (Lipinski definition) is 1. The van der Waals surface area contributed by atoms with Crippen molar-refractivity contribution in [1.29, 1.82) is 0 Å². The number of likely N-dealkylation sites (N-methyl/N-ethyl adjacent to an activating group) is 1. The average Bonchev–Trinajstić information content (AvgIpc) is 2.05. The van der Waals surface area contributed by atoms with Gasteiger partial charge in [-0.2, -0.15) is 0 Å². The first-order chi connectivity index (χ1) is 5.17. The summed E-state index contributed by atoms with van der Waals surface area (Å²) in [6.07, 6.45) is 3.04. The monoisotopic (exact) mass is 153 g/mol. The standard InChI is InChI=1S/C10H19N/c1-6-9(4)10(7-2)11(5)8-3/h7H,2,6,8H2,1,3-5H3/b10-9+. The molecule has 0 fully saturated rings. The highest BCUT2D eigenvalue weighted by atomic mass is 15.1. The maximum absolute atomic E-state index is 3.80. The predicted molar refractivity (Wildman–Crippen MR) is 51.5 cm³/mol. The van der Waals surface area contributed by atoms with Crippen LogP contribution in [0.2, 0.25) is 0 Å². The zero-order chi connectivity index (χ0) is 8.85. The van der Waals surface area contributed by atoms with Gasteiger partial charge in [-0.05, 0) is 26.3 Å². The molecule has 0 saturated heterocycles. The summed E-state index contributed by atoms with van der Waals surface area (Å²) in [4.78, 5) is 2.21. The van der Waals surface area contributed by atoms with E-state index in [1.165, 1.54) is 11.3 Å². The third-order valence-corrected chi connectivity index (χ3v) is 2.05. The minimum absolute atomic E-state index is 1.04. The van der Waals surface area contributed by atoms with E-state index in [9.17, 15) is 0 Å². The Bertz CT molecular complexity index is 156. The first-order valence-corrected chi connectivity index (χ1v) is 4.20. The molecule has 64 valence electrons. The number of nitrogens with zero attached hydrogens (tertiary/aromatic N) is 1. The molecule has 0 bridgehead atoms. The van der Waals surface area contributed by atoms with Crippen LogP contribution in [0.3, 0.4) is 0 Å². The number of hydrogen-bond donors (Lipinski definition) is 0. The highest BCUT2D eigenvalue weighted by Crippen LogP contribution is 2.11. The zero-order valence-corrected chi connectivity index (χ0v) is 8.15. The largest absolute Gasteiger partial charge is 0.375 e. The summed E-state index contributed by atoms with van der Waals surface area (Å²) in [6.45, 7) is 11.3. The fraction of sp³-hybridized carbons (Fsp3) is 0.600. The second kappa shape index (κ2) is 5.00. The van der Waals surface area contributed by atoms with Crippen molar-refractivity contribution in [3.8, 4) is 0 Å². The van der Waals surface area contributed by atoms with Crippen LogP contribution >= 0.6 is 0 Å². The summed E-state index contributed by atoms with van der Waals surface area (Å²) in [5.41, 5.74) is 2.68. The van der Waals surface area contributed by atoms with Crippen LogP contribution in [-0.2, 0) is 0 Å². The van der Waals surface area contributed by atoms with Crippen LogP contribution in [0.4, 0.5) is 0 Å². The number of allylic oxidation sites excluding steroid dienone is 2. The lowest BCUT2D eigenvalue weighted by Crippen LogP contribution is -2.16. The molecule has 0 amide bonds. The fourth-order valence-electron chi connectivity index (χ4n) is 1.01. The molecule has 0 aromatic heterocycles. The molecule has 0 heterocycles. The van der Waals surface area contributed by atoms with Gasteiger partial charge in [0.2, 0.25) is 0 Å². The van der Waals surface area contributed by atoms with E-state index < -0.39 is 0 Å². The average molecular weight is 153 g/mol. The molecule has 0 aliphatic heterocycles. The van der Waals surface area contributed by atoms with Crippen LogP contribution < -0.4 is 0 Å². The predicted octanol–water partition coefficient (Wildman–Crippen LogP) is 2.81. The zero-order valence-electron chi connectivity index (χ0n) is 8.15. The summed E-state index contributed by atoms with van der Waals surface area (Å²) < 4.78 is 0. The second-order valence-electron chi connectivity index (χ2n) is 2.74. The normalized spacial score (nSPS) is 12.4. The van der Waals surface area contributed by atoms with Gasteiger partial charge in [-0.3, -0.25) is 0 Å². The van der Waals surface area contributed by atoms with E-state index in [-0.39, 0.29) is 0 Å². The molecule has 0 aromatic rings. The molecule has 0 N–H and O–H groups in total. The molecule has 0 aliphatic rings. The Balaban J connectivity index is 4.49. The van der Waals surface area contributed by atoms with Crippen molar-refractivity contribution in [3.63, 3.8) is 0 Å². The summed E-state index contributed by atoms with van der Waals surface area (Å²) in [5.74, 6) is 0. The maximum Gasteiger partial charge on any atom is 0.0346 e. The fourth-order valence-corrected chi connectivity index (χ4v) is 1.01. The van der Waals surface area contributed by atoms with Crippen molar-refractivity contribution in [2.24, 2.45) is 0 Å². The maximum atomic E-state index is 3.80. The molecule has 0 aliphatic carbocycles. The second-order valence-corrected chi connectivity index (χ2v) is 2.74. The van der Waals surface area contributed by atoms with Crippen molar-refractivity contribution >= 4 is 0 Å². The van der Waals surface area contributed by atoms with E-state index in [1.807, 2.05) is 6.08 Å². The lowest BCUT2D eigenvalue weighted by atomic mass is 10.1. The van der Waals surface area contributed by atoms with E-state index in [1.54, 1.807) is 0 Å². The van der Waals surface area contributed by atoms with Gasteiger partial charge in [-0.1, -0.05) is 19.1 Å². The molecule has 1 heteroatoms. The lowest BCUT2D eigenvalue weighted by Gasteiger charge is -2.20. The Morgan fingerprint density at radius 3 is 2.27 bits per heavy atom. The van der Waals surface area contributed by atoms with Crippen LogP contribution in [0, 0.1) is 0 Å². The van der Waals surface area contributed by atoms with Crippen LogP contribution in [0.25, 0.3) is 0 Å². The third kappa shape index (κ3) is 2.79. The minimum atomic E-state index is 1.04. The molecule has 0 aromatic carbocycles. The quantitative estimate of drug-likeness (QED) is 0.561. The van der Waals surface area contributed by atoms with Gasteiger partial charge >= 0.3 is 0 Å². The van der Waals surface area contributed by atoms with Crippen LogP contribution in [0.1, 0.15) is 27.2 Å². The Hall–Kier alpha value is -0.720. The van der Waals surface area contributed by atoms with Gasteiger partial charge < -0.3 is 4.90 Å². The van der Waals surface area contributed by atoms with E-state index in [4.69, 9.17) is 0 Å². The van der Waals surface area contributed by atoms with Gasteiger partial charge in [0, 0.05) is 19.3 Å². The highest BCUT2D eigenvalue weighted by Gasteiger charge is 2.00. The Labute approximate surface area is 70.4 Å². The van der Waals surface area contributed by atoms with Crippen molar-refractivity contribution in [1.82, 2.24) is 4.90 Å². The first kappa shape index (κ1) is 10.3. The molecule has 0 radical (unpaired) electrons. The highest BCUT2D eigenvalue weighted by molar-refractivity contribution is 5.20. The Morgan fingerprint density at radius 2 is 2.00 bits per heavy atom. The molecular weight excluding hydrogens is 134 g/mol. The van der Waals surface area contributed by atoms with E-state index in [0.29, 0.717) is 0 Å². The minimum Gasteiger partial charge on any atom is -0.375 e. The van der Waals surface area contributed by atoms with Crippen LogP contribution in [-0.4, -0.2) is 18.5 Å². The lowest BCUT2D eigenvalue weighted by molar-refractivity contribution is 0.450. The molecule has 0 rings (SSSR count). The summed E-state index contributed by atoms with van der Waals surface area (Å²) >= 11 is 0. The smallest absolute Gasteiger partial charge is 0.0346 e. The summed E-state index contributed by atoms with van der Waals surface area (Å²) in [6, 6.07) is 0. The van der Waals surface area contributed by atoms with Crippen LogP contribution in [0.5, 0.6) is 0 Å². The Morgan fingerprint density at radius 1 is 1.45 bits per heavy atom.